The van der Waals surface area contributed by atoms with Crippen molar-refractivity contribution in [2.75, 3.05) is 0 Å². The molecule has 138 valence electrons. The van der Waals surface area contributed by atoms with Crippen LogP contribution in [0.25, 0.3) is 10.9 Å². The van der Waals surface area contributed by atoms with E-state index in [0.717, 1.165) is 5.56 Å². The fraction of sp³-hybridized carbons (Fsp3) is 0.105. The van der Waals surface area contributed by atoms with Crippen LogP contribution >= 0.6 is 23.2 Å². The van der Waals surface area contributed by atoms with Crippen LogP contribution in [-0.4, -0.2) is 22.0 Å². The van der Waals surface area contributed by atoms with Gasteiger partial charge in [0.15, 0.2) is 0 Å². The molecule has 3 rings (SSSR count). The first kappa shape index (κ1) is 18.9. The minimum Gasteiger partial charge on any atom is -0.477 e. The number of amides is 1. The van der Waals surface area contributed by atoms with Gasteiger partial charge in [0.1, 0.15) is 5.56 Å². The largest absolute Gasteiger partial charge is 0.477 e. The number of rotatable bonds is 5. The Kier molecular flexibility index (Phi) is 5.48. The molecular weight excluding hydrogens is 391 g/mol. The van der Waals surface area contributed by atoms with E-state index in [2.05, 4.69) is 10.3 Å². The zero-order valence-electron chi connectivity index (χ0n) is 13.9. The Morgan fingerprint density at radius 3 is 2.56 bits per heavy atom. The zero-order chi connectivity index (χ0) is 19.6. The summed E-state index contributed by atoms with van der Waals surface area (Å²) >= 11 is 12.0. The third-order valence-corrected chi connectivity index (χ3v) is 4.41. The lowest BCUT2D eigenvalue weighted by Gasteiger charge is -2.10. The number of fused-ring (bicyclic) bond motifs is 1. The van der Waals surface area contributed by atoms with E-state index in [1.807, 2.05) is 0 Å². The molecule has 27 heavy (non-hydrogen) atoms. The van der Waals surface area contributed by atoms with E-state index in [1.165, 1.54) is 6.07 Å². The van der Waals surface area contributed by atoms with E-state index in [0.29, 0.717) is 26.5 Å². The maximum absolute atomic E-state index is 12.2. The summed E-state index contributed by atoms with van der Waals surface area (Å²) in [6, 6.07) is 11.4. The Labute approximate surface area is 163 Å². The lowest BCUT2D eigenvalue weighted by Crippen LogP contribution is -2.25. The second-order valence-electron chi connectivity index (χ2n) is 5.93. The van der Waals surface area contributed by atoms with E-state index < -0.39 is 11.5 Å². The van der Waals surface area contributed by atoms with Crippen molar-refractivity contribution in [3.63, 3.8) is 0 Å². The van der Waals surface area contributed by atoms with Gasteiger partial charge in [-0.05, 0) is 41.5 Å². The molecule has 0 saturated carbocycles. The van der Waals surface area contributed by atoms with Gasteiger partial charge in [-0.1, -0.05) is 35.3 Å². The van der Waals surface area contributed by atoms with Crippen LogP contribution < -0.4 is 10.9 Å². The molecule has 8 heteroatoms. The molecular formula is C19H14Cl2N2O4. The minimum absolute atomic E-state index is 0.124. The zero-order valence-corrected chi connectivity index (χ0v) is 15.4. The molecule has 1 aromatic heterocycles. The van der Waals surface area contributed by atoms with Crippen molar-refractivity contribution in [3.8, 4) is 0 Å². The predicted octanol–water partition coefficient (Wildman–Crippen LogP) is 3.39. The summed E-state index contributed by atoms with van der Waals surface area (Å²) in [6.07, 6.45) is 0.152. The lowest BCUT2D eigenvalue weighted by atomic mass is 10.1. The third-order valence-electron chi connectivity index (χ3n) is 3.96. The number of aromatic amines is 1. The average Bonchev–Trinajstić information content (AvgIpc) is 2.59. The molecule has 6 nitrogen and oxygen atoms in total. The molecule has 0 aliphatic rings. The second-order valence-corrected chi connectivity index (χ2v) is 6.80. The number of carbonyl (C=O) groups excluding carboxylic acids is 1. The topological polar surface area (TPSA) is 99.3 Å². The van der Waals surface area contributed by atoms with Crippen LogP contribution in [0.5, 0.6) is 0 Å². The number of carboxylic acids is 1. The molecule has 0 saturated heterocycles. The monoisotopic (exact) mass is 404 g/mol. The van der Waals surface area contributed by atoms with E-state index >= 15 is 0 Å². The van der Waals surface area contributed by atoms with Crippen LogP contribution in [0.1, 0.15) is 21.5 Å². The molecule has 2 aromatic carbocycles. The fourth-order valence-electron chi connectivity index (χ4n) is 2.74. The average molecular weight is 405 g/mol. The summed E-state index contributed by atoms with van der Waals surface area (Å²) < 4.78 is 0. The molecule has 3 N–H and O–H groups in total. The Morgan fingerprint density at radius 1 is 1.07 bits per heavy atom. The Hall–Kier alpha value is -2.83. The maximum Gasteiger partial charge on any atom is 0.341 e. The van der Waals surface area contributed by atoms with Crippen LogP contribution in [0.2, 0.25) is 10.0 Å². The van der Waals surface area contributed by atoms with Gasteiger partial charge in [0, 0.05) is 22.0 Å². The van der Waals surface area contributed by atoms with Crippen molar-refractivity contribution >= 4 is 46.0 Å². The van der Waals surface area contributed by atoms with E-state index in [4.69, 9.17) is 28.3 Å². The molecule has 1 amide bonds. The van der Waals surface area contributed by atoms with Gasteiger partial charge in [0.2, 0.25) is 5.91 Å². The second kappa shape index (κ2) is 7.82. The van der Waals surface area contributed by atoms with Crippen molar-refractivity contribution < 1.29 is 14.7 Å². The molecule has 0 spiro atoms. The van der Waals surface area contributed by atoms with Gasteiger partial charge in [-0.15, -0.1) is 0 Å². The van der Waals surface area contributed by atoms with Crippen molar-refractivity contribution in [1.82, 2.24) is 10.3 Å². The quantitative estimate of drug-likeness (QED) is 0.606. The maximum atomic E-state index is 12.2. The number of aromatic nitrogens is 1. The first-order chi connectivity index (χ1) is 12.8. The van der Waals surface area contributed by atoms with Crippen LogP contribution in [0.15, 0.2) is 47.3 Å². The third kappa shape index (κ3) is 4.48. The Morgan fingerprint density at radius 2 is 1.85 bits per heavy atom. The van der Waals surface area contributed by atoms with Crippen molar-refractivity contribution in [1.29, 1.82) is 0 Å². The van der Waals surface area contributed by atoms with Gasteiger partial charge < -0.3 is 15.4 Å². The molecule has 0 atom stereocenters. The van der Waals surface area contributed by atoms with Gasteiger partial charge >= 0.3 is 5.97 Å². The number of carbonyl (C=O) groups is 2. The summed E-state index contributed by atoms with van der Waals surface area (Å²) in [4.78, 5) is 37.8. The number of H-pyrrole nitrogens is 1. The van der Waals surface area contributed by atoms with Gasteiger partial charge in [-0.25, -0.2) is 4.79 Å². The minimum atomic E-state index is -1.32. The Balaban J connectivity index is 1.84. The van der Waals surface area contributed by atoms with Crippen molar-refractivity contribution in [2.45, 2.75) is 13.0 Å². The SMILES string of the molecule is O=C(Cc1cccc(Cl)c1)NCc1cc(Cl)cc2cc(C(=O)O)c(=O)[nH]c12. The van der Waals surface area contributed by atoms with E-state index in [1.54, 1.807) is 36.4 Å². The highest BCUT2D eigenvalue weighted by Crippen LogP contribution is 2.22. The van der Waals surface area contributed by atoms with Crippen molar-refractivity contribution in [2.24, 2.45) is 0 Å². The Bertz CT molecular complexity index is 1110. The molecule has 0 fully saturated rings. The molecule has 0 aliphatic carbocycles. The number of hydrogen-bond acceptors (Lipinski definition) is 3. The number of benzene rings is 2. The molecule has 1 heterocycles. The highest BCUT2D eigenvalue weighted by molar-refractivity contribution is 6.31. The van der Waals surface area contributed by atoms with Crippen LogP contribution in [0.3, 0.4) is 0 Å². The number of aromatic carboxylic acids is 1. The molecule has 3 aromatic rings. The van der Waals surface area contributed by atoms with Crippen molar-refractivity contribution in [3.05, 3.63) is 79.6 Å². The summed E-state index contributed by atoms with van der Waals surface area (Å²) in [7, 11) is 0. The van der Waals surface area contributed by atoms with Gasteiger partial charge in [-0.2, -0.15) is 0 Å². The van der Waals surface area contributed by atoms with Gasteiger partial charge in [-0.3, -0.25) is 9.59 Å². The number of carboxylic acid groups (broad SMARTS) is 1. The highest BCUT2D eigenvalue weighted by atomic mass is 35.5. The standard InChI is InChI=1S/C19H14Cl2N2O4/c20-13-3-1-2-10(4-13)5-16(24)22-9-12-7-14(21)6-11-8-15(19(26)27)18(25)23-17(11)12/h1-4,6-8H,5,9H2,(H,22,24)(H,23,25)(H,26,27). The summed E-state index contributed by atoms with van der Waals surface area (Å²) in [5.41, 5.74) is 0.684. The summed E-state index contributed by atoms with van der Waals surface area (Å²) in [5.74, 6) is -1.55. The number of pyridine rings is 1. The smallest absolute Gasteiger partial charge is 0.341 e. The molecule has 0 aliphatic heterocycles. The van der Waals surface area contributed by atoms with Crippen LogP contribution in [0.4, 0.5) is 0 Å². The number of hydrogen-bond donors (Lipinski definition) is 3. The molecule has 0 radical (unpaired) electrons. The van der Waals surface area contributed by atoms with E-state index in [-0.39, 0.29) is 24.4 Å². The molecule has 0 unspecified atom stereocenters. The predicted molar refractivity (Wildman–Crippen MR) is 104 cm³/mol. The van der Waals surface area contributed by atoms with Gasteiger partial charge in [0.25, 0.3) is 5.56 Å². The first-order valence-electron chi connectivity index (χ1n) is 7.93. The molecule has 0 bridgehead atoms. The highest BCUT2D eigenvalue weighted by Gasteiger charge is 2.13. The van der Waals surface area contributed by atoms with E-state index in [9.17, 15) is 14.4 Å². The number of halogens is 2. The first-order valence-corrected chi connectivity index (χ1v) is 8.69. The normalized spacial score (nSPS) is 10.7. The lowest BCUT2D eigenvalue weighted by molar-refractivity contribution is -0.120. The van der Waals surface area contributed by atoms with Crippen LogP contribution in [-0.2, 0) is 17.8 Å². The van der Waals surface area contributed by atoms with Gasteiger partial charge in [0.05, 0.1) is 11.9 Å². The number of nitrogens with one attached hydrogen (secondary N) is 2. The summed E-state index contributed by atoms with van der Waals surface area (Å²) in [5, 5.41) is 13.2. The summed E-state index contributed by atoms with van der Waals surface area (Å²) in [6.45, 7) is 0.124. The fourth-order valence-corrected chi connectivity index (χ4v) is 3.20. The van der Waals surface area contributed by atoms with Crippen LogP contribution in [0, 0.1) is 0 Å².